The van der Waals surface area contributed by atoms with Crippen LogP contribution in [0.5, 0.6) is 0 Å². The molecular formula is C19H30ClN3O2S. The van der Waals surface area contributed by atoms with Crippen LogP contribution >= 0.6 is 24.2 Å². The van der Waals surface area contributed by atoms with Crippen LogP contribution in [-0.2, 0) is 4.79 Å². The predicted molar refractivity (Wildman–Crippen MR) is 111 cm³/mol. The van der Waals surface area contributed by atoms with Gasteiger partial charge in [-0.1, -0.05) is 18.2 Å². The maximum atomic E-state index is 12.5. The highest BCUT2D eigenvalue weighted by atomic mass is 35.5. The third-order valence-electron chi connectivity index (χ3n) is 4.52. The highest BCUT2D eigenvalue weighted by Gasteiger charge is 2.21. The topological polar surface area (TPSA) is 70.2 Å². The number of amides is 2. The monoisotopic (exact) mass is 399 g/mol. The Morgan fingerprint density at radius 2 is 2.08 bits per heavy atom. The summed E-state index contributed by atoms with van der Waals surface area (Å²) in [6, 6.07) is 8.55. The van der Waals surface area contributed by atoms with Gasteiger partial charge >= 0.3 is 0 Å². The number of piperidine rings is 1. The van der Waals surface area contributed by atoms with E-state index in [0.29, 0.717) is 24.4 Å². The van der Waals surface area contributed by atoms with Gasteiger partial charge in [0.1, 0.15) is 6.04 Å². The van der Waals surface area contributed by atoms with Crippen LogP contribution < -0.4 is 16.0 Å². The highest BCUT2D eigenvalue weighted by molar-refractivity contribution is 7.98. The minimum atomic E-state index is -0.482. The minimum absolute atomic E-state index is 0. The van der Waals surface area contributed by atoms with Gasteiger partial charge < -0.3 is 16.0 Å². The number of carbonyl (C=O) groups is 2. The van der Waals surface area contributed by atoms with Gasteiger partial charge in [0.05, 0.1) is 0 Å². The maximum absolute atomic E-state index is 12.5. The first kappa shape index (κ1) is 22.8. The summed E-state index contributed by atoms with van der Waals surface area (Å²) in [5.74, 6) is 1.19. The van der Waals surface area contributed by atoms with Crippen LogP contribution in [0.2, 0.25) is 0 Å². The number of halogens is 1. The Labute approximate surface area is 166 Å². The molecule has 1 aliphatic heterocycles. The lowest BCUT2D eigenvalue weighted by Crippen LogP contribution is -2.47. The SMILES string of the molecule is CSCCC(NC(=O)c1ccccc1)C(=O)NCCC1CCCNC1.Cl. The molecule has 0 saturated carbocycles. The summed E-state index contributed by atoms with van der Waals surface area (Å²) >= 11 is 1.68. The first-order valence-corrected chi connectivity index (χ1v) is 10.4. The second-order valence-corrected chi connectivity index (χ2v) is 7.45. The molecule has 1 heterocycles. The number of carbonyl (C=O) groups excluding carboxylic acids is 2. The van der Waals surface area contributed by atoms with E-state index in [9.17, 15) is 9.59 Å². The van der Waals surface area contributed by atoms with Crippen molar-refractivity contribution in [1.29, 1.82) is 0 Å². The second kappa shape index (κ2) is 13.0. The Balaban J connectivity index is 0.00000338. The van der Waals surface area contributed by atoms with E-state index in [2.05, 4.69) is 16.0 Å². The van der Waals surface area contributed by atoms with Gasteiger partial charge in [0.2, 0.25) is 5.91 Å². The van der Waals surface area contributed by atoms with Crippen LogP contribution in [0.1, 0.15) is 36.0 Å². The van der Waals surface area contributed by atoms with Gasteiger partial charge in [-0.05, 0) is 68.8 Å². The fourth-order valence-electron chi connectivity index (χ4n) is 3.03. The summed E-state index contributed by atoms with van der Waals surface area (Å²) in [4.78, 5) is 24.8. The lowest BCUT2D eigenvalue weighted by atomic mass is 9.96. The van der Waals surface area contributed by atoms with Crippen molar-refractivity contribution in [3.8, 4) is 0 Å². The van der Waals surface area contributed by atoms with E-state index < -0.39 is 6.04 Å². The summed E-state index contributed by atoms with van der Waals surface area (Å²) in [7, 11) is 0. The summed E-state index contributed by atoms with van der Waals surface area (Å²) < 4.78 is 0. The van der Waals surface area contributed by atoms with E-state index in [1.54, 1.807) is 23.9 Å². The van der Waals surface area contributed by atoms with Crippen molar-refractivity contribution in [3.05, 3.63) is 35.9 Å². The van der Waals surface area contributed by atoms with Crippen LogP contribution in [0.25, 0.3) is 0 Å². The predicted octanol–water partition coefficient (Wildman–Crippen LogP) is 2.47. The maximum Gasteiger partial charge on any atom is 0.251 e. The molecule has 7 heteroatoms. The molecule has 5 nitrogen and oxygen atoms in total. The molecule has 1 saturated heterocycles. The second-order valence-electron chi connectivity index (χ2n) is 6.47. The highest BCUT2D eigenvalue weighted by Crippen LogP contribution is 2.13. The Kier molecular flexibility index (Phi) is 11.4. The van der Waals surface area contributed by atoms with E-state index in [1.807, 2.05) is 24.5 Å². The third-order valence-corrected chi connectivity index (χ3v) is 5.16. The molecule has 0 aromatic heterocycles. The molecule has 2 unspecified atom stereocenters. The Hall–Kier alpha value is -1.24. The van der Waals surface area contributed by atoms with Gasteiger partial charge in [0.25, 0.3) is 5.91 Å². The lowest BCUT2D eigenvalue weighted by Gasteiger charge is -2.23. The van der Waals surface area contributed by atoms with Gasteiger partial charge in [-0.25, -0.2) is 0 Å². The number of nitrogens with one attached hydrogen (secondary N) is 3. The van der Waals surface area contributed by atoms with Crippen molar-refractivity contribution in [2.75, 3.05) is 31.6 Å². The molecule has 1 aromatic rings. The molecule has 1 aromatic carbocycles. The van der Waals surface area contributed by atoms with E-state index in [4.69, 9.17) is 0 Å². The number of hydrogen-bond donors (Lipinski definition) is 3. The number of benzene rings is 1. The number of thioether (sulfide) groups is 1. The fraction of sp³-hybridized carbons (Fsp3) is 0.579. The van der Waals surface area contributed by atoms with Crippen molar-refractivity contribution in [1.82, 2.24) is 16.0 Å². The minimum Gasteiger partial charge on any atom is -0.354 e. The van der Waals surface area contributed by atoms with Crippen LogP contribution in [0.4, 0.5) is 0 Å². The van der Waals surface area contributed by atoms with Crippen molar-refractivity contribution in [2.24, 2.45) is 5.92 Å². The molecule has 2 amide bonds. The molecular weight excluding hydrogens is 370 g/mol. The molecule has 2 atom stereocenters. The molecule has 0 radical (unpaired) electrons. The normalized spacial score (nSPS) is 17.7. The van der Waals surface area contributed by atoms with Crippen molar-refractivity contribution < 1.29 is 9.59 Å². The van der Waals surface area contributed by atoms with Crippen molar-refractivity contribution >= 4 is 36.0 Å². The Morgan fingerprint density at radius 3 is 2.73 bits per heavy atom. The summed E-state index contributed by atoms with van der Waals surface area (Å²) in [5, 5.41) is 9.28. The average Bonchev–Trinajstić information content (AvgIpc) is 2.66. The third kappa shape index (κ3) is 7.98. The standard InChI is InChI=1S/C19H29N3O2S.ClH/c1-25-13-10-17(22-18(23)16-7-3-2-4-8-16)19(24)21-12-9-15-6-5-11-20-14-15;/h2-4,7-8,15,17,20H,5-6,9-14H2,1H3,(H,21,24)(H,22,23);1H. The summed E-state index contributed by atoms with van der Waals surface area (Å²) in [6.45, 7) is 2.81. The molecule has 0 bridgehead atoms. The van der Waals surface area contributed by atoms with Gasteiger partial charge in [-0.2, -0.15) is 11.8 Å². The van der Waals surface area contributed by atoms with E-state index >= 15 is 0 Å². The van der Waals surface area contributed by atoms with Gasteiger partial charge in [0.15, 0.2) is 0 Å². The zero-order valence-electron chi connectivity index (χ0n) is 15.3. The van der Waals surface area contributed by atoms with Crippen LogP contribution in [0.15, 0.2) is 30.3 Å². The molecule has 1 aliphatic rings. The van der Waals surface area contributed by atoms with Gasteiger partial charge in [0, 0.05) is 12.1 Å². The molecule has 0 aliphatic carbocycles. The molecule has 26 heavy (non-hydrogen) atoms. The zero-order chi connectivity index (χ0) is 17.9. The first-order valence-electron chi connectivity index (χ1n) is 9.04. The van der Waals surface area contributed by atoms with E-state index in [-0.39, 0.29) is 24.2 Å². The zero-order valence-corrected chi connectivity index (χ0v) is 17.0. The van der Waals surface area contributed by atoms with Crippen LogP contribution in [-0.4, -0.2) is 49.5 Å². The lowest BCUT2D eigenvalue weighted by molar-refractivity contribution is -0.123. The molecule has 3 N–H and O–H groups in total. The largest absolute Gasteiger partial charge is 0.354 e. The van der Waals surface area contributed by atoms with Crippen LogP contribution in [0, 0.1) is 5.92 Å². The average molecular weight is 400 g/mol. The first-order chi connectivity index (χ1) is 12.2. The van der Waals surface area contributed by atoms with Gasteiger partial charge in [-0.3, -0.25) is 9.59 Å². The van der Waals surface area contributed by atoms with E-state index in [1.165, 1.54) is 12.8 Å². The smallest absolute Gasteiger partial charge is 0.251 e. The van der Waals surface area contributed by atoms with Gasteiger partial charge in [-0.15, -0.1) is 12.4 Å². The van der Waals surface area contributed by atoms with Crippen molar-refractivity contribution in [2.45, 2.75) is 31.7 Å². The number of hydrogen-bond acceptors (Lipinski definition) is 4. The molecule has 2 rings (SSSR count). The Morgan fingerprint density at radius 1 is 1.31 bits per heavy atom. The number of rotatable bonds is 9. The van der Waals surface area contributed by atoms with Crippen LogP contribution in [0.3, 0.4) is 0 Å². The Bertz CT molecular complexity index is 539. The quantitative estimate of drug-likeness (QED) is 0.596. The molecule has 1 fully saturated rings. The summed E-state index contributed by atoms with van der Waals surface area (Å²) in [6.07, 6.45) is 6.06. The van der Waals surface area contributed by atoms with Crippen molar-refractivity contribution in [3.63, 3.8) is 0 Å². The van der Waals surface area contributed by atoms with E-state index in [0.717, 1.165) is 25.3 Å². The fourth-order valence-corrected chi connectivity index (χ4v) is 3.50. The molecule has 146 valence electrons. The summed E-state index contributed by atoms with van der Waals surface area (Å²) in [5.41, 5.74) is 0.581. The molecule has 0 spiro atoms.